The van der Waals surface area contributed by atoms with Crippen LogP contribution in [-0.4, -0.2) is 33.5 Å². The summed E-state index contributed by atoms with van der Waals surface area (Å²) in [6, 6.07) is 14.7. The van der Waals surface area contributed by atoms with Crippen LogP contribution in [-0.2, 0) is 18.4 Å². The molecule has 0 saturated carbocycles. The van der Waals surface area contributed by atoms with Gasteiger partial charge in [-0.1, -0.05) is 24.8 Å². The minimum absolute atomic E-state index is 0.224. The molecule has 0 atom stereocenters. The summed E-state index contributed by atoms with van der Waals surface area (Å²) >= 11 is 0. The van der Waals surface area contributed by atoms with Gasteiger partial charge >= 0.3 is 0 Å². The van der Waals surface area contributed by atoms with E-state index in [2.05, 4.69) is 54.8 Å². The molecule has 2 aromatic heterocycles. The van der Waals surface area contributed by atoms with Crippen molar-refractivity contribution < 1.29 is 4.79 Å². The lowest BCUT2D eigenvalue weighted by Crippen LogP contribution is -2.17. The molecule has 4 aromatic rings. The number of anilines is 3. The second kappa shape index (κ2) is 8.02. The highest BCUT2D eigenvalue weighted by Crippen LogP contribution is 2.46. The summed E-state index contributed by atoms with van der Waals surface area (Å²) in [6.07, 6.45) is 5.40. The van der Waals surface area contributed by atoms with Crippen LogP contribution in [0.5, 0.6) is 0 Å². The summed E-state index contributed by atoms with van der Waals surface area (Å²) < 4.78 is 2.14. The summed E-state index contributed by atoms with van der Waals surface area (Å²) in [5.74, 6) is 0.633. The Morgan fingerprint density at radius 3 is 2.68 bits per heavy atom. The van der Waals surface area contributed by atoms with Crippen molar-refractivity contribution in [3.8, 4) is 22.4 Å². The molecule has 2 aliphatic rings. The zero-order valence-corrected chi connectivity index (χ0v) is 19.1. The first kappa shape index (κ1) is 20.5. The van der Waals surface area contributed by atoms with Crippen LogP contribution >= 0.6 is 0 Å². The van der Waals surface area contributed by atoms with Gasteiger partial charge < -0.3 is 20.1 Å². The van der Waals surface area contributed by atoms with Gasteiger partial charge in [0, 0.05) is 43.6 Å². The highest BCUT2D eigenvalue weighted by atomic mass is 16.1. The smallest absolute Gasteiger partial charge is 0.247 e. The van der Waals surface area contributed by atoms with Crippen molar-refractivity contribution in [1.29, 1.82) is 0 Å². The van der Waals surface area contributed by atoms with E-state index in [9.17, 15) is 4.79 Å². The number of carbonyl (C=O) groups excluding carboxylic acids is 1. The molecular formula is C27H26N6O. The third-order valence-corrected chi connectivity index (χ3v) is 6.85. The predicted octanol–water partition coefficient (Wildman–Crippen LogP) is 4.95. The van der Waals surface area contributed by atoms with Crippen molar-refractivity contribution in [1.82, 2.24) is 14.5 Å². The molecule has 2 aromatic carbocycles. The number of carbonyl (C=O) groups is 1. The Kier molecular flexibility index (Phi) is 4.83. The van der Waals surface area contributed by atoms with Gasteiger partial charge in [-0.05, 0) is 59.9 Å². The molecule has 34 heavy (non-hydrogen) atoms. The number of nitrogens with one attached hydrogen (secondary N) is 2. The number of hydrogen-bond acceptors (Lipinski definition) is 5. The van der Waals surface area contributed by atoms with Crippen molar-refractivity contribution in [2.45, 2.75) is 19.4 Å². The number of benzene rings is 2. The van der Waals surface area contributed by atoms with E-state index in [1.54, 1.807) is 6.33 Å². The van der Waals surface area contributed by atoms with Crippen LogP contribution in [0.2, 0.25) is 0 Å². The van der Waals surface area contributed by atoms with Crippen LogP contribution < -0.4 is 15.5 Å². The average Bonchev–Trinajstić information content (AvgIpc) is 3.46. The number of nitrogens with zero attached hydrogens (tertiary/aromatic N) is 4. The Bertz CT molecular complexity index is 1430. The molecular weight excluding hydrogens is 424 g/mol. The maximum Gasteiger partial charge on any atom is 0.247 e. The van der Waals surface area contributed by atoms with E-state index in [-0.39, 0.29) is 5.91 Å². The topological polar surface area (TPSA) is 75.1 Å². The summed E-state index contributed by atoms with van der Waals surface area (Å²) in [6.45, 7) is 6.47. The highest BCUT2D eigenvalue weighted by molar-refractivity contribution is 6.09. The van der Waals surface area contributed by atoms with E-state index in [0.29, 0.717) is 6.54 Å². The normalized spacial score (nSPS) is 14.4. The summed E-state index contributed by atoms with van der Waals surface area (Å²) in [4.78, 5) is 23.4. The summed E-state index contributed by atoms with van der Waals surface area (Å²) in [7, 11) is 2.05. The predicted molar refractivity (Wildman–Crippen MR) is 137 cm³/mol. The number of rotatable bonds is 4. The third kappa shape index (κ3) is 3.23. The SMILES string of the molecule is C=CC(=O)Nc1ccc(-c2c3c4c(ncnc4n2C)NCc2cc(N4CCCC4)ccc2-3)cc1. The van der Waals surface area contributed by atoms with Crippen molar-refractivity contribution in [2.24, 2.45) is 7.05 Å². The Morgan fingerprint density at radius 2 is 1.91 bits per heavy atom. The summed E-state index contributed by atoms with van der Waals surface area (Å²) in [5, 5.41) is 7.41. The average molecular weight is 451 g/mol. The van der Waals surface area contributed by atoms with Crippen LogP contribution in [0.25, 0.3) is 33.4 Å². The molecule has 1 saturated heterocycles. The molecule has 4 heterocycles. The van der Waals surface area contributed by atoms with Crippen LogP contribution in [0, 0.1) is 0 Å². The third-order valence-electron chi connectivity index (χ3n) is 6.85. The molecule has 2 aliphatic heterocycles. The molecule has 6 rings (SSSR count). The largest absolute Gasteiger partial charge is 0.372 e. The highest BCUT2D eigenvalue weighted by Gasteiger charge is 2.27. The lowest BCUT2D eigenvalue weighted by Gasteiger charge is -2.20. The quantitative estimate of drug-likeness (QED) is 0.430. The van der Waals surface area contributed by atoms with Gasteiger partial charge in [0.1, 0.15) is 17.8 Å². The van der Waals surface area contributed by atoms with Crippen LogP contribution in [0.3, 0.4) is 0 Å². The Hall–Kier alpha value is -4.13. The van der Waals surface area contributed by atoms with Crippen molar-refractivity contribution in [3.05, 3.63) is 67.0 Å². The standard InChI is InChI=1S/C27H26N6O/c1-3-22(34)31-19-8-6-17(7-9-19)25-23-21-11-10-20(33-12-4-5-13-33)14-18(21)15-28-26-24(23)27(32(25)2)30-16-29-26/h3,6-11,14,16H,1,4-5,12-13,15H2,2H3,(H,31,34)(H,28,29,30). The van der Waals surface area contributed by atoms with Gasteiger partial charge in [0.2, 0.25) is 5.91 Å². The van der Waals surface area contributed by atoms with Gasteiger partial charge in [0.15, 0.2) is 0 Å². The monoisotopic (exact) mass is 450 g/mol. The molecule has 0 spiro atoms. The molecule has 0 bridgehead atoms. The molecule has 0 aliphatic carbocycles. The first-order valence-electron chi connectivity index (χ1n) is 11.6. The fraction of sp³-hybridized carbons (Fsp3) is 0.222. The number of aryl methyl sites for hydroxylation is 1. The van der Waals surface area contributed by atoms with E-state index in [4.69, 9.17) is 0 Å². The van der Waals surface area contributed by atoms with Gasteiger partial charge in [-0.3, -0.25) is 4.79 Å². The fourth-order valence-corrected chi connectivity index (χ4v) is 5.21. The van der Waals surface area contributed by atoms with E-state index < -0.39 is 0 Å². The van der Waals surface area contributed by atoms with E-state index >= 15 is 0 Å². The second-order valence-electron chi connectivity index (χ2n) is 8.86. The number of hydrogen-bond donors (Lipinski definition) is 2. The molecule has 1 fully saturated rings. The molecule has 170 valence electrons. The van der Waals surface area contributed by atoms with Crippen molar-refractivity contribution in [3.63, 3.8) is 0 Å². The van der Waals surface area contributed by atoms with Gasteiger partial charge in [0.25, 0.3) is 0 Å². The van der Waals surface area contributed by atoms with Gasteiger partial charge in [0.05, 0.1) is 11.1 Å². The van der Waals surface area contributed by atoms with Crippen LogP contribution in [0.15, 0.2) is 61.4 Å². The van der Waals surface area contributed by atoms with E-state index in [1.807, 2.05) is 31.3 Å². The van der Waals surface area contributed by atoms with Crippen molar-refractivity contribution >= 4 is 34.1 Å². The number of amides is 1. The van der Waals surface area contributed by atoms with Crippen LogP contribution in [0.1, 0.15) is 18.4 Å². The molecule has 0 unspecified atom stereocenters. The maximum atomic E-state index is 11.7. The lowest BCUT2D eigenvalue weighted by molar-refractivity contribution is -0.111. The Balaban J connectivity index is 1.53. The number of fused-ring (bicyclic) bond motifs is 2. The molecule has 7 nitrogen and oxygen atoms in total. The van der Waals surface area contributed by atoms with Gasteiger partial charge in [-0.25, -0.2) is 9.97 Å². The number of aromatic nitrogens is 3. The molecule has 7 heteroatoms. The molecule has 2 N–H and O–H groups in total. The first-order valence-corrected chi connectivity index (χ1v) is 11.6. The summed E-state index contributed by atoms with van der Waals surface area (Å²) in [5.41, 5.74) is 8.64. The lowest BCUT2D eigenvalue weighted by atomic mass is 9.95. The minimum Gasteiger partial charge on any atom is -0.372 e. The van der Waals surface area contributed by atoms with E-state index in [1.165, 1.54) is 35.7 Å². The molecule has 1 amide bonds. The Labute approximate surface area is 198 Å². The zero-order valence-electron chi connectivity index (χ0n) is 19.1. The first-order chi connectivity index (χ1) is 16.6. The fourth-order valence-electron chi connectivity index (χ4n) is 5.21. The molecule has 0 radical (unpaired) electrons. The maximum absolute atomic E-state index is 11.7. The van der Waals surface area contributed by atoms with Crippen LogP contribution in [0.4, 0.5) is 17.2 Å². The van der Waals surface area contributed by atoms with Crippen molar-refractivity contribution in [2.75, 3.05) is 28.6 Å². The van der Waals surface area contributed by atoms with Gasteiger partial charge in [-0.15, -0.1) is 0 Å². The van der Waals surface area contributed by atoms with E-state index in [0.717, 1.165) is 52.4 Å². The van der Waals surface area contributed by atoms with Gasteiger partial charge in [-0.2, -0.15) is 0 Å². The Morgan fingerprint density at radius 1 is 1.12 bits per heavy atom. The minimum atomic E-state index is -0.224. The second-order valence-corrected chi connectivity index (χ2v) is 8.86. The zero-order chi connectivity index (χ0) is 23.2.